The van der Waals surface area contributed by atoms with Gasteiger partial charge in [0.1, 0.15) is 5.75 Å². The quantitative estimate of drug-likeness (QED) is 0.593. The number of carbonyl (C=O) groups excluding carboxylic acids is 1. The van der Waals surface area contributed by atoms with Crippen LogP contribution in [-0.4, -0.2) is 60.2 Å². The molecule has 4 rings (SSSR count). The van der Waals surface area contributed by atoms with E-state index in [1.54, 1.807) is 62.0 Å². The highest BCUT2D eigenvalue weighted by Crippen LogP contribution is 2.26. The molecule has 0 spiro atoms. The van der Waals surface area contributed by atoms with Crippen molar-refractivity contribution in [2.24, 2.45) is 0 Å². The number of aromatic nitrogens is 2. The minimum atomic E-state index is -1.10. The van der Waals surface area contributed by atoms with Gasteiger partial charge in [-0.15, -0.1) is 0 Å². The molecule has 1 aromatic heterocycles. The van der Waals surface area contributed by atoms with Gasteiger partial charge in [0, 0.05) is 49.8 Å². The van der Waals surface area contributed by atoms with Gasteiger partial charge in [-0.05, 0) is 55.0 Å². The Balaban J connectivity index is 1.49. The topological polar surface area (TPSA) is 108 Å². The zero-order valence-electron chi connectivity index (χ0n) is 18.3. The molecule has 0 atom stereocenters. The number of hydrogen-bond donors (Lipinski definition) is 2. The van der Waals surface area contributed by atoms with Crippen LogP contribution in [0, 0.1) is 0 Å². The fraction of sp³-hybridized carbons (Fsp3) is 0.250. The lowest BCUT2D eigenvalue weighted by Crippen LogP contribution is -2.31. The van der Waals surface area contributed by atoms with Crippen LogP contribution in [0.3, 0.4) is 0 Å². The van der Waals surface area contributed by atoms with Crippen LogP contribution in [0.4, 0.5) is 17.3 Å². The number of carboxylic acids is 1. The summed E-state index contributed by atoms with van der Waals surface area (Å²) in [6, 6.07) is 13.5. The van der Waals surface area contributed by atoms with E-state index in [0.29, 0.717) is 23.8 Å². The van der Waals surface area contributed by atoms with E-state index in [1.807, 2.05) is 6.07 Å². The Hall–Kier alpha value is -4.14. The number of hydrogen-bond acceptors (Lipinski definition) is 7. The van der Waals surface area contributed by atoms with E-state index in [4.69, 9.17) is 4.74 Å². The highest BCUT2D eigenvalue weighted by molar-refractivity contribution is 6.08. The van der Waals surface area contributed by atoms with Crippen LogP contribution < -0.4 is 19.9 Å². The molecule has 9 nitrogen and oxygen atoms in total. The number of nitrogens with zero attached hydrogens (tertiary/aromatic N) is 4. The number of aromatic carboxylic acids is 1. The summed E-state index contributed by atoms with van der Waals surface area (Å²) >= 11 is 0. The van der Waals surface area contributed by atoms with Crippen LogP contribution >= 0.6 is 0 Å². The molecule has 170 valence electrons. The van der Waals surface area contributed by atoms with Gasteiger partial charge in [0.05, 0.1) is 18.4 Å². The van der Waals surface area contributed by atoms with Gasteiger partial charge in [0.25, 0.3) is 5.91 Å². The van der Waals surface area contributed by atoms with E-state index in [0.717, 1.165) is 31.7 Å². The van der Waals surface area contributed by atoms with Crippen LogP contribution in [0.2, 0.25) is 0 Å². The zero-order chi connectivity index (χ0) is 23.2. The highest BCUT2D eigenvalue weighted by atomic mass is 16.5. The molecule has 1 aliphatic heterocycles. The lowest BCUT2D eigenvalue weighted by Gasteiger charge is -2.24. The average Bonchev–Trinajstić information content (AvgIpc) is 3.11. The smallest absolute Gasteiger partial charge is 0.337 e. The molecule has 0 saturated carbocycles. The maximum Gasteiger partial charge on any atom is 0.337 e. The number of anilines is 3. The number of carboxylic acid groups (broad SMARTS) is 1. The van der Waals surface area contributed by atoms with Crippen LogP contribution in [0.1, 0.15) is 27.1 Å². The predicted octanol–water partition coefficient (Wildman–Crippen LogP) is 3.15. The maximum absolute atomic E-state index is 12.6. The summed E-state index contributed by atoms with van der Waals surface area (Å²) in [6.07, 6.45) is 4.34. The first-order valence-electron chi connectivity index (χ1n) is 10.6. The molecule has 2 heterocycles. The highest BCUT2D eigenvalue weighted by Gasteiger charge is 2.20. The summed E-state index contributed by atoms with van der Waals surface area (Å²) in [4.78, 5) is 37.5. The van der Waals surface area contributed by atoms with Gasteiger partial charge in [0.15, 0.2) is 0 Å². The molecule has 3 aromatic rings. The summed E-state index contributed by atoms with van der Waals surface area (Å²) in [7, 11) is 1.55. The second-order valence-electron chi connectivity index (χ2n) is 7.59. The zero-order valence-corrected chi connectivity index (χ0v) is 18.3. The van der Waals surface area contributed by atoms with Gasteiger partial charge in [0.2, 0.25) is 5.95 Å². The van der Waals surface area contributed by atoms with E-state index < -0.39 is 5.97 Å². The second-order valence-corrected chi connectivity index (χ2v) is 7.59. The Morgan fingerprint density at radius 1 is 0.970 bits per heavy atom. The van der Waals surface area contributed by atoms with Crippen LogP contribution in [0.15, 0.2) is 60.9 Å². The Morgan fingerprint density at radius 2 is 1.67 bits per heavy atom. The minimum Gasteiger partial charge on any atom is -0.497 e. The molecule has 33 heavy (non-hydrogen) atoms. The van der Waals surface area contributed by atoms with Gasteiger partial charge >= 0.3 is 5.97 Å². The number of rotatable bonds is 6. The van der Waals surface area contributed by atoms with Crippen molar-refractivity contribution in [3.05, 3.63) is 72.1 Å². The standard InChI is InChI=1S/C24H25N5O4/c1-33-19-7-4-17(5-8-19)22(30)27-21-9-6-18(16-20(21)23(31)32)28-12-3-13-29(15-14-28)24-25-10-2-11-26-24/h2,4-11,16H,3,12-15H2,1H3,(H,27,30)(H,31,32). The van der Waals surface area contributed by atoms with Crippen molar-refractivity contribution in [1.82, 2.24) is 9.97 Å². The van der Waals surface area contributed by atoms with Crippen molar-refractivity contribution in [2.45, 2.75) is 6.42 Å². The molecular weight excluding hydrogens is 422 g/mol. The molecule has 1 fully saturated rings. The average molecular weight is 447 g/mol. The van der Waals surface area contributed by atoms with Crippen molar-refractivity contribution in [3.63, 3.8) is 0 Å². The monoisotopic (exact) mass is 447 g/mol. The first-order valence-corrected chi connectivity index (χ1v) is 10.6. The Bertz CT molecular complexity index is 1120. The Labute approximate surface area is 191 Å². The second kappa shape index (κ2) is 9.99. The molecule has 1 aliphatic rings. The lowest BCUT2D eigenvalue weighted by molar-refractivity contribution is 0.0698. The van der Waals surface area contributed by atoms with Crippen molar-refractivity contribution >= 4 is 29.2 Å². The van der Waals surface area contributed by atoms with Crippen molar-refractivity contribution < 1.29 is 19.4 Å². The number of nitrogens with one attached hydrogen (secondary N) is 1. The molecule has 2 aromatic carbocycles. The number of ether oxygens (including phenoxy) is 1. The van der Waals surface area contributed by atoms with E-state index in [2.05, 4.69) is 25.1 Å². The third kappa shape index (κ3) is 5.20. The first kappa shape index (κ1) is 22.1. The van der Waals surface area contributed by atoms with Crippen LogP contribution in [0.5, 0.6) is 5.75 Å². The van der Waals surface area contributed by atoms with Gasteiger partial charge < -0.3 is 25.0 Å². The summed E-state index contributed by atoms with van der Waals surface area (Å²) in [5.41, 5.74) is 1.50. The number of carbonyl (C=O) groups is 2. The van der Waals surface area contributed by atoms with Gasteiger partial charge in [-0.1, -0.05) is 0 Å². The molecule has 9 heteroatoms. The summed E-state index contributed by atoms with van der Waals surface area (Å²) in [6.45, 7) is 3.03. The maximum atomic E-state index is 12.6. The number of benzene rings is 2. The van der Waals surface area contributed by atoms with Crippen LogP contribution in [0.25, 0.3) is 0 Å². The van der Waals surface area contributed by atoms with E-state index in [9.17, 15) is 14.7 Å². The summed E-state index contributed by atoms with van der Waals surface area (Å²) in [5.74, 6) is -0.156. The van der Waals surface area contributed by atoms with Crippen molar-refractivity contribution in [2.75, 3.05) is 48.4 Å². The van der Waals surface area contributed by atoms with Crippen LogP contribution in [-0.2, 0) is 0 Å². The van der Waals surface area contributed by atoms with Gasteiger partial charge in [-0.25, -0.2) is 14.8 Å². The molecule has 0 radical (unpaired) electrons. The fourth-order valence-corrected chi connectivity index (χ4v) is 3.78. The molecule has 0 unspecified atom stereocenters. The van der Waals surface area contributed by atoms with E-state index in [-0.39, 0.29) is 17.2 Å². The van der Waals surface area contributed by atoms with Crippen molar-refractivity contribution in [1.29, 1.82) is 0 Å². The third-order valence-corrected chi connectivity index (χ3v) is 5.53. The van der Waals surface area contributed by atoms with Crippen molar-refractivity contribution in [3.8, 4) is 5.75 Å². The van der Waals surface area contributed by atoms with Gasteiger partial charge in [-0.2, -0.15) is 0 Å². The summed E-state index contributed by atoms with van der Waals surface area (Å²) in [5, 5.41) is 12.5. The molecule has 1 amide bonds. The largest absolute Gasteiger partial charge is 0.497 e. The SMILES string of the molecule is COc1ccc(C(=O)Nc2ccc(N3CCCN(c4ncccn4)CC3)cc2C(=O)O)cc1. The molecule has 0 bridgehead atoms. The Kier molecular flexibility index (Phi) is 6.68. The molecule has 0 aliphatic carbocycles. The normalized spacial score (nSPS) is 13.8. The molecular formula is C24H25N5O4. The van der Waals surface area contributed by atoms with E-state index in [1.165, 1.54) is 0 Å². The minimum absolute atomic E-state index is 0.0434. The predicted molar refractivity (Wildman–Crippen MR) is 125 cm³/mol. The molecule has 1 saturated heterocycles. The fourth-order valence-electron chi connectivity index (χ4n) is 3.78. The van der Waals surface area contributed by atoms with Gasteiger partial charge in [-0.3, -0.25) is 4.79 Å². The summed E-state index contributed by atoms with van der Waals surface area (Å²) < 4.78 is 5.11. The molecule has 2 N–H and O–H groups in total. The number of amides is 1. The Morgan fingerprint density at radius 3 is 2.36 bits per heavy atom. The van der Waals surface area contributed by atoms with E-state index >= 15 is 0 Å². The number of methoxy groups -OCH3 is 1. The first-order chi connectivity index (χ1) is 16.0. The lowest BCUT2D eigenvalue weighted by atomic mass is 10.1. The third-order valence-electron chi connectivity index (χ3n) is 5.53.